The van der Waals surface area contributed by atoms with E-state index in [0.717, 1.165) is 24.2 Å². The minimum atomic E-state index is 0.827. The highest BCUT2D eigenvalue weighted by atomic mass is 14.5. The maximum absolute atomic E-state index is 5.79. The zero-order valence-corrected chi connectivity index (χ0v) is 22.9. The number of rotatable bonds is 15. The summed E-state index contributed by atoms with van der Waals surface area (Å²) < 4.78 is 0. The molecule has 4 rings (SSSR count). The Hall–Kier alpha value is -3.52. The molecule has 0 saturated carbocycles. The molecule has 0 atom stereocenters. The van der Waals surface area contributed by atoms with Gasteiger partial charge < -0.3 is 11.5 Å². The van der Waals surface area contributed by atoms with Crippen LogP contribution in [0, 0.1) is 0 Å². The Bertz CT molecular complexity index is 1090. The van der Waals surface area contributed by atoms with E-state index in [-0.39, 0.29) is 0 Å². The average molecular weight is 505 g/mol. The summed E-state index contributed by atoms with van der Waals surface area (Å²) in [6.07, 6.45) is 15.1. The van der Waals surface area contributed by atoms with E-state index in [1.54, 1.807) is 0 Å². The van der Waals surface area contributed by atoms with Crippen molar-refractivity contribution in [3.05, 3.63) is 130 Å². The first-order chi connectivity index (χ1) is 18.6. The van der Waals surface area contributed by atoms with Gasteiger partial charge in [0.15, 0.2) is 0 Å². The van der Waals surface area contributed by atoms with E-state index in [1.165, 1.54) is 97.6 Å². The smallest absolute Gasteiger partial charge is 0.0314 e. The van der Waals surface area contributed by atoms with Gasteiger partial charge in [-0.1, -0.05) is 111 Å². The molecule has 2 nitrogen and oxygen atoms in total. The summed E-state index contributed by atoms with van der Waals surface area (Å²) in [5.41, 5.74) is 21.5. The van der Waals surface area contributed by atoms with Crippen LogP contribution in [0.5, 0.6) is 0 Å². The monoisotopic (exact) mass is 504 g/mol. The molecule has 0 aliphatic heterocycles. The van der Waals surface area contributed by atoms with Crippen LogP contribution in [0.3, 0.4) is 0 Å². The molecule has 0 radical (unpaired) electrons. The highest BCUT2D eigenvalue weighted by Gasteiger charge is 2.01. The van der Waals surface area contributed by atoms with Crippen LogP contribution >= 0.6 is 0 Å². The fraction of sp³-hybridized carbons (Fsp3) is 0.333. The van der Waals surface area contributed by atoms with Gasteiger partial charge in [0.1, 0.15) is 0 Å². The van der Waals surface area contributed by atoms with Crippen molar-refractivity contribution >= 4 is 11.4 Å². The number of hydrogen-bond acceptors (Lipinski definition) is 2. The van der Waals surface area contributed by atoms with Crippen LogP contribution in [-0.2, 0) is 25.7 Å². The van der Waals surface area contributed by atoms with Gasteiger partial charge in [-0.3, -0.25) is 0 Å². The molecule has 198 valence electrons. The normalized spacial score (nSPS) is 11.1. The summed E-state index contributed by atoms with van der Waals surface area (Å²) in [7, 11) is 0. The first-order valence-corrected chi connectivity index (χ1v) is 14.5. The minimum absolute atomic E-state index is 0.827. The minimum Gasteiger partial charge on any atom is -0.399 e. The maximum Gasteiger partial charge on any atom is 0.0314 e. The predicted octanol–water partition coefficient (Wildman–Crippen LogP) is 8.94. The first-order valence-electron chi connectivity index (χ1n) is 14.5. The molecule has 0 aliphatic carbocycles. The topological polar surface area (TPSA) is 52.0 Å². The van der Waals surface area contributed by atoms with Crippen molar-refractivity contribution in [2.24, 2.45) is 0 Å². The van der Waals surface area contributed by atoms with Crippen molar-refractivity contribution in [3.8, 4) is 0 Å². The lowest BCUT2D eigenvalue weighted by molar-refractivity contribution is 0.567. The summed E-state index contributed by atoms with van der Waals surface area (Å²) in [4.78, 5) is 0. The molecule has 0 unspecified atom stereocenters. The van der Waals surface area contributed by atoms with Crippen LogP contribution in [0.25, 0.3) is 0 Å². The van der Waals surface area contributed by atoms with Gasteiger partial charge in [0.25, 0.3) is 0 Å². The molecule has 2 heteroatoms. The maximum atomic E-state index is 5.79. The van der Waals surface area contributed by atoms with Crippen LogP contribution in [0.2, 0.25) is 0 Å². The van der Waals surface area contributed by atoms with Crippen LogP contribution in [0.1, 0.15) is 84.7 Å². The summed E-state index contributed by atoms with van der Waals surface area (Å²) in [5, 5.41) is 0. The highest BCUT2D eigenvalue weighted by molar-refractivity contribution is 5.41. The molecule has 0 heterocycles. The molecular formula is C36H44N2. The molecule has 4 aromatic carbocycles. The molecule has 0 amide bonds. The summed E-state index contributed by atoms with van der Waals surface area (Å²) in [6.45, 7) is 0. The van der Waals surface area contributed by atoms with E-state index in [2.05, 4.69) is 72.8 Å². The zero-order valence-electron chi connectivity index (χ0n) is 22.9. The molecule has 4 aromatic rings. The molecule has 0 aliphatic rings. The van der Waals surface area contributed by atoms with Crippen molar-refractivity contribution < 1.29 is 0 Å². The second kappa shape index (κ2) is 15.0. The second-order valence-corrected chi connectivity index (χ2v) is 10.8. The van der Waals surface area contributed by atoms with Gasteiger partial charge in [0.2, 0.25) is 0 Å². The lowest BCUT2D eigenvalue weighted by Crippen LogP contribution is -1.92. The number of hydrogen-bond donors (Lipinski definition) is 2. The quantitative estimate of drug-likeness (QED) is 0.125. The number of nitrogen functional groups attached to an aromatic ring is 2. The van der Waals surface area contributed by atoms with E-state index in [1.807, 2.05) is 24.3 Å². The van der Waals surface area contributed by atoms with E-state index >= 15 is 0 Å². The largest absolute Gasteiger partial charge is 0.399 e. The van der Waals surface area contributed by atoms with Crippen molar-refractivity contribution in [2.75, 3.05) is 11.5 Å². The third-order valence-corrected chi connectivity index (χ3v) is 7.50. The van der Waals surface area contributed by atoms with Crippen LogP contribution < -0.4 is 11.5 Å². The van der Waals surface area contributed by atoms with Crippen molar-refractivity contribution in [3.63, 3.8) is 0 Å². The van der Waals surface area contributed by atoms with Gasteiger partial charge >= 0.3 is 0 Å². The van der Waals surface area contributed by atoms with Gasteiger partial charge in [-0.15, -0.1) is 0 Å². The third-order valence-electron chi connectivity index (χ3n) is 7.50. The Kier molecular flexibility index (Phi) is 10.9. The van der Waals surface area contributed by atoms with E-state index in [9.17, 15) is 0 Å². The van der Waals surface area contributed by atoms with E-state index in [4.69, 9.17) is 11.5 Å². The third kappa shape index (κ3) is 9.74. The molecule has 38 heavy (non-hydrogen) atoms. The molecule has 0 bridgehead atoms. The zero-order chi connectivity index (χ0) is 26.4. The number of benzene rings is 4. The van der Waals surface area contributed by atoms with E-state index in [0.29, 0.717) is 0 Å². The summed E-state index contributed by atoms with van der Waals surface area (Å²) >= 11 is 0. The predicted molar refractivity (Wildman–Crippen MR) is 165 cm³/mol. The summed E-state index contributed by atoms with van der Waals surface area (Å²) in [5.74, 6) is 0. The number of unbranched alkanes of at least 4 members (excludes halogenated alkanes) is 7. The summed E-state index contributed by atoms with van der Waals surface area (Å²) in [6, 6.07) is 34.7. The fourth-order valence-electron chi connectivity index (χ4n) is 5.11. The van der Waals surface area contributed by atoms with Crippen molar-refractivity contribution in [1.82, 2.24) is 0 Å². The lowest BCUT2D eigenvalue weighted by Gasteiger charge is -2.06. The van der Waals surface area contributed by atoms with Crippen molar-refractivity contribution in [1.29, 1.82) is 0 Å². The van der Waals surface area contributed by atoms with Gasteiger partial charge in [-0.2, -0.15) is 0 Å². The Morgan fingerprint density at radius 2 is 0.526 bits per heavy atom. The molecule has 4 N–H and O–H groups in total. The van der Waals surface area contributed by atoms with E-state index < -0.39 is 0 Å². The van der Waals surface area contributed by atoms with Gasteiger partial charge in [0, 0.05) is 11.4 Å². The molecule has 0 spiro atoms. The Morgan fingerprint density at radius 3 is 0.842 bits per heavy atom. The van der Waals surface area contributed by atoms with Crippen LogP contribution in [0.4, 0.5) is 11.4 Å². The Balaban J connectivity index is 1.00. The van der Waals surface area contributed by atoms with Crippen LogP contribution in [0.15, 0.2) is 97.1 Å². The number of anilines is 2. The van der Waals surface area contributed by atoms with Gasteiger partial charge in [-0.05, 0) is 96.2 Å². The SMILES string of the molecule is Nc1ccc(Cc2ccc(CCCCCCCCCCc3ccc(Cc4ccc(N)cc4)cc3)cc2)cc1. The number of aryl methyl sites for hydroxylation is 2. The lowest BCUT2D eigenvalue weighted by atomic mass is 9.99. The van der Waals surface area contributed by atoms with Crippen LogP contribution in [-0.4, -0.2) is 0 Å². The fourth-order valence-corrected chi connectivity index (χ4v) is 5.11. The highest BCUT2D eigenvalue weighted by Crippen LogP contribution is 2.17. The van der Waals surface area contributed by atoms with Crippen molar-refractivity contribution in [2.45, 2.75) is 77.0 Å². The molecule has 0 aromatic heterocycles. The average Bonchev–Trinajstić information content (AvgIpc) is 2.94. The second-order valence-electron chi connectivity index (χ2n) is 10.8. The van der Waals surface area contributed by atoms with Gasteiger partial charge in [-0.25, -0.2) is 0 Å². The number of nitrogens with two attached hydrogens (primary N) is 2. The molecule has 0 fully saturated rings. The molecular weight excluding hydrogens is 460 g/mol. The van der Waals surface area contributed by atoms with Gasteiger partial charge in [0.05, 0.1) is 0 Å². The Morgan fingerprint density at radius 1 is 0.289 bits per heavy atom. The Labute approximate surface area is 230 Å². The molecule has 0 saturated heterocycles. The first kappa shape index (κ1) is 27.5. The standard InChI is InChI=1S/C36H44N2/c37-35-23-19-33(20-24-35)27-31-15-11-29(12-16-31)9-7-5-3-1-2-4-6-8-10-30-13-17-32(18-14-30)28-34-21-25-36(38)26-22-34/h11-26H,1-10,27-28,37-38H2.